The second-order valence-corrected chi connectivity index (χ2v) is 7.11. The molecule has 3 heteroatoms. The first-order valence-corrected chi connectivity index (χ1v) is 9.21. The Morgan fingerprint density at radius 2 is 1.96 bits per heavy atom. The quantitative estimate of drug-likeness (QED) is 0.511. The minimum atomic E-state index is 0.307. The SMILES string of the molecule is CCc1cccc2c1c(C)cn2CC(C)c1cccc2[nH]cc(C#N)c12. The molecule has 1 atom stereocenters. The number of aromatic nitrogens is 2. The van der Waals surface area contributed by atoms with Gasteiger partial charge in [-0.05, 0) is 48.1 Å². The highest BCUT2D eigenvalue weighted by molar-refractivity contribution is 5.89. The summed E-state index contributed by atoms with van der Waals surface area (Å²) in [6, 6.07) is 15.2. The molecule has 0 amide bonds. The highest BCUT2D eigenvalue weighted by Crippen LogP contribution is 2.31. The maximum absolute atomic E-state index is 9.45. The van der Waals surface area contributed by atoms with E-state index in [2.05, 4.69) is 72.9 Å². The Bertz CT molecular complexity index is 1140. The van der Waals surface area contributed by atoms with Crippen LogP contribution in [0.2, 0.25) is 0 Å². The molecule has 0 saturated carbocycles. The predicted molar refractivity (Wildman–Crippen MR) is 107 cm³/mol. The smallest absolute Gasteiger partial charge is 0.101 e. The molecule has 0 saturated heterocycles. The van der Waals surface area contributed by atoms with Crippen molar-refractivity contribution in [1.82, 2.24) is 9.55 Å². The van der Waals surface area contributed by atoms with Crippen molar-refractivity contribution < 1.29 is 0 Å². The normalized spacial score (nSPS) is 12.5. The summed E-state index contributed by atoms with van der Waals surface area (Å²) in [5.74, 6) is 0.307. The monoisotopic (exact) mass is 341 g/mol. The molecule has 26 heavy (non-hydrogen) atoms. The Morgan fingerprint density at radius 1 is 1.15 bits per heavy atom. The summed E-state index contributed by atoms with van der Waals surface area (Å²) in [5, 5.41) is 11.9. The van der Waals surface area contributed by atoms with E-state index in [1.165, 1.54) is 27.6 Å². The molecule has 1 N–H and O–H groups in total. The topological polar surface area (TPSA) is 44.5 Å². The number of fused-ring (bicyclic) bond motifs is 2. The van der Waals surface area contributed by atoms with Gasteiger partial charge in [0.1, 0.15) is 6.07 Å². The van der Waals surface area contributed by atoms with Crippen molar-refractivity contribution in [3.63, 3.8) is 0 Å². The highest BCUT2D eigenvalue weighted by Gasteiger charge is 2.16. The van der Waals surface area contributed by atoms with Gasteiger partial charge < -0.3 is 9.55 Å². The fourth-order valence-corrected chi connectivity index (χ4v) is 4.20. The van der Waals surface area contributed by atoms with Crippen LogP contribution in [0, 0.1) is 18.3 Å². The summed E-state index contributed by atoms with van der Waals surface area (Å²) in [6.07, 6.45) is 5.12. The van der Waals surface area contributed by atoms with Crippen LogP contribution in [-0.2, 0) is 13.0 Å². The number of benzene rings is 2. The Labute approximate surface area is 153 Å². The van der Waals surface area contributed by atoms with Crippen molar-refractivity contribution in [3.8, 4) is 6.07 Å². The number of hydrogen-bond donors (Lipinski definition) is 1. The van der Waals surface area contributed by atoms with E-state index in [-0.39, 0.29) is 0 Å². The van der Waals surface area contributed by atoms with Crippen LogP contribution in [0.15, 0.2) is 48.8 Å². The fraction of sp³-hybridized carbons (Fsp3) is 0.261. The molecule has 130 valence electrons. The summed E-state index contributed by atoms with van der Waals surface area (Å²) in [7, 11) is 0. The maximum Gasteiger partial charge on any atom is 0.101 e. The molecule has 2 aromatic heterocycles. The Morgan fingerprint density at radius 3 is 2.73 bits per heavy atom. The molecule has 2 heterocycles. The summed E-state index contributed by atoms with van der Waals surface area (Å²) in [4.78, 5) is 3.22. The minimum Gasteiger partial charge on any atom is -0.360 e. The van der Waals surface area contributed by atoms with E-state index in [0.717, 1.165) is 29.4 Å². The van der Waals surface area contributed by atoms with Gasteiger partial charge in [0.05, 0.1) is 5.56 Å². The zero-order valence-corrected chi connectivity index (χ0v) is 15.5. The summed E-state index contributed by atoms with van der Waals surface area (Å²) >= 11 is 0. The molecule has 0 aliphatic heterocycles. The van der Waals surface area contributed by atoms with E-state index >= 15 is 0 Å². The maximum atomic E-state index is 9.45. The average molecular weight is 341 g/mol. The molecule has 2 aromatic carbocycles. The van der Waals surface area contributed by atoms with Gasteiger partial charge in [-0.3, -0.25) is 0 Å². The van der Waals surface area contributed by atoms with Crippen LogP contribution in [0.3, 0.4) is 0 Å². The standard InChI is InChI=1S/C23H23N3/c1-4-17-7-5-10-21-22(17)16(3)14-26(21)13-15(2)19-8-6-9-20-23(19)18(11-24)12-25-20/h5-10,12,14-15,25H,4,13H2,1-3H3. The van der Waals surface area contributed by atoms with Gasteiger partial charge in [0, 0.05) is 40.7 Å². The van der Waals surface area contributed by atoms with E-state index in [9.17, 15) is 5.26 Å². The molecule has 0 radical (unpaired) electrons. The third-order valence-corrected chi connectivity index (χ3v) is 5.42. The number of rotatable bonds is 4. The Kier molecular flexibility index (Phi) is 4.05. The van der Waals surface area contributed by atoms with Crippen LogP contribution >= 0.6 is 0 Å². The lowest BCUT2D eigenvalue weighted by molar-refractivity contribution is 0.617. The lowest BCUT2D eigenvalue weighted by Crippen LogP contribution is -2.06. The number of nitriles is 1. The van der Waals surface area contributed by atoms with Crippen LogP contribution in [0.1, 0.15) is 42.0 Å². The molecule has 0 aliphatic rings. The Balaban J connectivity index is 1.79. The largest absolute Gasteiger partial charge is 0.360 e. The van der Waals surface area contributed by atoms with Crippen molar-refractivity contribution in [3.05, 3.63) is 71.0 Å². The van der Waals surface area contributed by atoms with Gasteiger partial charge in [-0.2, -0.15) is 5.26 Å². The van der Waals surface area contributed by atoms with Crippen LogP contribution in [-0.4, -0.2) is 9.55 Å². The third kappa shape index (κ3) is 2.50. The fourth-order valence-electron chi connectivity index (χ4n) is 4.20. The second kappa shape index (κ2) is 6.38. The lowest BCUT2D eigenvalue weighted by atomic mass is 9.95. The molecule has 1 unspecified atom stereocenters. The van der Waals surface area contributed by atoms with Crippen molar-refractivity contribution in [2.45, 2.75) is 39.7 Å². The number of hydrogen-bond acceptors (Lipinski definition) is 1. The zero-order valence-electron chi connectivity index (χ0n) is 15.5. The molecule has 4 rings (SSSR count). The van der Waals surface area contributed by atoms with Crippen molar-refractivity contribution in [1.29, 1.82) is 5.26 Å². The predicted octanol–water partition coefficient (Wildman–Crippen LogP) is 5.67. The van der Waals surface area contributed by atoms with Crippen molar-refractivity contribution in [2.24, 2.45) is 0 Å². The number of nitrogens with one attached hydrogen (secondary N) is 1. The molecule has 0 aliphatic carbocycles. The summed E-state index contributed by atoms with van der Waals surface area (Å²) in [6.45, 7) is 7.55. The summed E-state index contributed by atoms with van der Waals surface area (Å²) in [5.41, 5.74) is 7.03. The van der Waals surface area contributed by atoms with E-state index in [0.29, 0.717) is 5.92 Å². The second-order valence-electron chi connectivity index (χ2n) is 7.11. The number of H-pyrrole nitrogens is 1. The van der Waals surface area contributed by atoms with Gasteiger partial charge in [0.15, 0.2) is 0 Å². The van der Waals surface area contributed by atoms with Crippen LogP contribution < -0.4 is 0 Å². The van der Waals surface area contributed by atoms with Gasteiger partial charge in [-0.25, -0.2) is 0 Å². The molecule has 4 aromatic rings. The first-order chi connectivity index (χ1) is 12.6. The van der Waals surface area contributed by atoms with E-state index in [1.807, 2.05) is 12.3 Å². The van der Waals surface area contributed by atoms with Gasteiger partial charge in [0.25, 0.3) is 0 Å². The molecule has 0 fully saturated rings. The molecular formula is C23H23N3. The van der Waals surface area contributed by atoms with Crippen molar-refractivity contribution in [2.75, 3.05) is 0 Å². The van der Waals surface area contributed by atoms with Crippen LogP contribution in [0.4, 0.5) is 0 Å². The lowest BCUT2D eigenvalue weighted by Gasteiger charge is -2.16. The molecule has 0 spiro atoms. The van der Waals surface area contributed by atoms with Crippen LogP contribution in [0.25, 0.3) is 21.8 Å². The van der Waals surface area contributed by atoms with Gasteiger partial charge in [0.2, 0.25) is 0 Å². The van der Waals surface area contributed by atoms with Gasteiger partial charge in [-0.15, -0.1) is 0 Å². The first-order valence-electron chi connectivity index (χ1n) is 9.21. The van der Waals surface area contributed by atoms with Gasteiger partial charge in [-0.1, -0.05) is 38.1 Å². The van der Waals surface area contributed by atoms with E-state index < -0.39 is 0 Å². The number of aromatic amines is 1. The number of nitrogens with zero attached hydrogens (tertiary/aromatic N) is 2. The first kappa shape index (κ1) is 16.5. The van der Waals surface area contributed by atoms with Crippen molar-refractivity contribution >= 4 is 21.8 Å². The molecule has 0 bridgehead atoms. The Hall–Kier alpha value is -2.99. The van der Waals surface area contributed by atoms with Gasteiger partial charge >= 0.3 is 0 Å². The van der Waals surface area contributed by atoms with Crippen LogP contribution in [0.5, 0.6) is 0 Å². The zero-order chi connectivity index (χ0) is 18.3. The molecule has 3 nitrogen and oxygen atoms in total. The minimum absolute atomic E-state index is 0.307. The number of aryl methyl sites for hydroxylation is 2. The van der Waals surface area contributed by atoms with E-state index in [4.69, 9.17) is 0 Å². The average Bonchev–Trinajstić information content (AvgIpc) is 3.22. The highest BCUT2D eigenvalue weighted by atomic mass is 15.0. The summed E-state index contributed by atoms with van der Waals surface area (Å²) < 4.78 is 2.37. The third-order valence-electron chi connectivity index (χ3n) is 5.42. The molecular weight excluding hydrogens is 318 g/mol. The van der Waals surface area contributed by atoms with E-state index in [1.54, 1.807) is 0 Å².